The number of ether oxygens (including phenoxy) is 2. The smallest absolute Gasteiger partial charge is 0.430 e. The van der Waals surface area contributed by atoms with E-state index in [0.29, 0.717) is 24.3 Å². The average Bonchev–Trinajstić information content (AvgIpc) is 2.76. The van der Waals surface area contributed by atoms with E-state index in [0.717, 1.165) is 38.5 Å². The Morgan fingerprint density at radius 1 is 0.583 bits per heavy atom. The molecule has 0 unspecified atom stereocenters. The zero-order valence-electron chi connectivity index (χ0n) is 18.0. The van der Waals surface area contributed by atoms with Gasteiger partial charge in [0.05, 0.1) is 25.4 Å². The zero-order valence-corrected chi connectivity index (χ0v) is 18.0. The second kappa shape index (κ2) is 9.99. The van der Waals surface area contributed by atoms with Gasteiger partial charge in [-0.1, -0.05) is 24.3 Å². The third-order valence-electron chi connectivity index (χ3n) is 4.81. The minimum Gasteiger partial charge on any atom is -0.497 e. The van der Waals surface area contributed by atoms with Gasteiger partial charge in [0.15, 0.2) is 11.7 Å². The summed E-state index contributed by atoms with van der Waals surface area (Å²) in [6.45, 7) is 0. The van der Waals surface area contributed by atoms with E-state index in [1.54, 1.807) is 0 Å². The minimum absolute atomic E-state index is 0.114. The van der Waals surface area contributed by atoms with E-state index >= 15 is 8.78 Å². The maximum absolute atomic E-state index is 15.1. The van der Waals surface area contributed by atoms with Crippen LogP contribution in [0, 0.1) is 0 Å². The molecule has 0 aliphatic heterocycles. The van der Waals surface area contributed by atoms with Gasteiger partial charge in [-0.25, -0.2) is 8.78 Å². The molecule has 2 aromatic carbocycles. The summed E-state index contributed by atoms with van der Waals surface area (Å²) in [5.74, 6) is -7.53. The number of rotatable bonds is 6. The van der Waals surface area contributed by atoms with Gasteiger partial charge >= 0.3 is 18.5 Å². The molecule has 0 amide bonds. The largest absolute Gasteiger partial charge is 0.497 e. The number of hydrogen-bond acceptors (Lipinski definition) is 3. The SMILES string of the molecule is COc1ccc(/C(=C(\F)C(O)(/C(F)=C(/c2ccc(OC)cc2)C(F)(F)F)C(F)(F)F)C(F)(F)F)cc1. The van der Waals surface area contributed by atoms with Crippen molar-refractivity contribution in [1.29, 1.82) is 0 Å². The Hall–Kier alpha value is -3.29. The highest BCUT2D eigenvalue weighted by Crippen LogP contribution is 2.52. The van der Waals surface area contributed by atoms with Crippen LogP contribution in [0.5, 0.6) is 11.5 Å². The zero-order chi connectivity index (χ0) is 27.7. The maximum Gasteiger partial charge on any atom is 0.430 e. The predicted octanol–water partition coefficient (Wildman–Crippen LogP) is 7.18. The normalized spacial score (nSPS) is 16.1. The van der Waals surface area contributed by atoms with E-state index in [9.17, 15) is 44.6 Å². The summed E-state index contributed by atoms with van der Waals surface area (Å²) in [5.41, 5.74) is -14.4. The second-order valence-corrected chi connectivity index (χ2v) is 7.04. The highest BCUT2D eigenvalue weighted by atomic mass is 19.4. The number of aliphatic hydroxyl groups is 1. The van der Waals surface area contributed by atoms with Crippen LogP contribution in [0.1, 0.15) is 11.1 Å². The number of alkyl halides is 9. The Kier molecular flexibility index (Phi) is 8.03. The molecule has 198 valence electrons. The van der Waals surface area contributed by atoms with E-state index in [4.69, 9.17) is 0 Å². The molecule has 0 aromatic heterocycles. The number of benzene rings is 2. The lowest BCUT2D eigenvalue weighted by Gasteiger charge is -2.31. The molecule has 0 saturated carbocycles. The quantitative estimate of drug-likeness (QED) is 0.398. The molecule has 0 radical (unpaired) electrons. The molecule has 2 rings (SSSR count). The molecule has 2 aromatic rings. The van der Waals surface area contributed by atoms with Gasteiger partial charge in [0.25, 0.3) is 5.60 Å². The highest BCUT2D eigenvalue weighted by Gasteiger charge is 2.65. The first-order valence-corrected chi connectivity index (χ1v) is 9.42. The summed E-state index contributed by atoms with van der Waals surface area (Å²) in [7, 11) is 2.16. The summed E-state index contributed by atoms with van der Waals surface area (Å²) in [5, 5.41) is 10.0. The van der Waals surface area contributed by atoms with Crippen molar-refractivity contribution in [1.82, 2.24) is 0 Å². The Morgan fingerprint density at radius 2 is 0.861 bits per heavy atom. The van der Waals surface area contributed by atoms with Crippen molar-refractivity contribution in [2.75, 3.05) is 14.2 Å². The van der Waals surface area contributed by atoms with Gasteiger partial charge in [0, 0.05) is 0 Å². The molecule has 0 atom stereocenters. The number of methoxy groups -OCH3 is 2. The van der Waals surface area contributed by atoms with Crippen molar-refractivity contribution in [3.63, 3.8) is 0 Å². The summed E-state index contributed by atoms with van der Waals surface area (Å²) in [6, 6.07) is 4.78. The summed E-state index contributed by atoms with van der Waals surface area (Å²) in [6.07, 6.45) is -18.7. The molecule has 0 aliphatic rings. The molecule has 1 N–H and O–H groups in total. The summed E-state index contributed by atoms with van der Waals surface area (Å²) < 4.78 is 163. The van der Waals surface area contributed by atoms with Gasteiger partial charge in [-0.3, -0.25) is 0 Å². The Labute approximate surface area is 196 Å². The predicted molar refractivity (Wildman–Crippen MR) is 105 cm³/mol. The Balaban J connectivity index is 3.01. The Morgan fingerprint density at radius 3 is 1.06 bits per heavy atom. The fraction of sp³-hybridized carbons (Fsp3) is 0.273. The minimum atomic E-state index is -6.72. The van der Waals surface area contributed by atoms with Crippen LogP contribution in [-0.2, 0) is 0 Å². The lowest BCUT2D eigenvalue weighted by atomic mass is 9.88. The molecule has 0 saturated heterocycles. The molecule has 0 fully saturated rings. The average molecular weight is 536 g/mol. The van der Waals surface area contributed by atoms with Crippen molar-refractivity contribution in [2.24, 2.45) is 0 Å². The van der Waals surface area contributed by atoms with Gasteiger partial charge in [-0.2, -0.15) is 39.5 Å². The maximum atomic E-state index is 15.1. The van der Waals surface area contributed by atoms with Crippen molar-refractivity contribution in [3.8, 4) is 11.5 Å². The standard InChI is InChI=1S/C22H15F11O3/c1-35-13-7-3-11(4-8-13)15(20(25,26)27)17(23)19(34,22(31,32)33)18(24)16(21(28,29)30)12-5-9-14(36-2)10-6-12/h3-10,34H,1-2H3/b17-15+,18-16+. The monoisotopic (exact) mass is 536 g/mol. The van der Waals surface area contributed by atoms with Crippen LogP contribution < -0.4 is 9.47 Å². The molecular formula is C22H15F11O3. The lowest BCUT2D eigenvalue weighted by Crippen LogP contribution is -2.48. The molecule has 3 nitrogen and oxygen atoms in total. The van der Waals surface area contributed by atoms with Crippen LogP contribution >= 0.6 is 0 Å². The summed E-state index contributed by atoms with van der Waals surface area (Å²) >= 11 is 0. The van der Waals surface area contributed by atoms with Gasteiger partial charge < -0.3 is 14.6 Å². The molecule has 14 heteroatoms. The Bertz CT molecular complexity index is 1040. The van der Waals surface area contributed by atoms with Gasteiger partial charge in [-0.05, 0) is 35.4 Å². The van der Waals surface area contributed by atoms with Crippen LogP contribution in [0.2, 0.25) is 0 Å². The molecular weight excluding hydrogens is 521 g/mol. The highest BCUT2D eigenvalue weighted by molar-refractivity contribution is 5.78. The van der Waals surface area contributed by atoms with Crippen LogP contribution in [0.4, 0.5) is 48.3 Å². The number of hydrogen-bond donors (Lipinski definition) is 1. The molecule has 0 heterocycles. The molecule has 0 spiro atoms. The van der Waals surface area contributed by atoms with Crippen molar-refractivity contribution < 1.29 is 62.9 Å². The van der Waals surface area contributed by atoms with Crippen LogP contribution in [0.25, 0.3) is 11.1 Å². The number of allylic oxidation sites excluding steroid dienone is 2. The first kappa shape index (κ1) is 28.9. The molecule has 36 heavy (non-hydrogen) atoms. The lowest BCUT2D eigenvalue weighted by molar-refractivity contribution is -0.241. The van der Waals surface area contributed by atoms with Crippen molar-refractivity contribution >= 4 is 11.1 Å². The van der Waals surface area contributed by atoms with Gasteiger partial charge in [0.2, 0.25) is 0 Å². The molecule has 0 aliphatic carbocycles. The van der Waals surface area contributed by atoms with Gasteiger partial charge in [-0.15, -0.1) is 0 Å². The van der Waals surface area contributed by atoms with Crippen LogP contribution in [0.15, 0.2) is 60.2 Å². The van der Waals surface area contributed by atoms with Crippen molar-refractivity contribution in [2.45, 2.75) is 24.1 Å². The second-order valence-electron chi connectivity index (χ2n) is 7.04. The van der Waals surface area contributed by atoms with E-state index in [-0.39, 0.29) is 11.5 Å². The van der Waals surface area contributed by atoms with Gasteiger partial charge in [0.1, 0.15) is 11.5 Å². The first-order chi connectivity index (χ1) is 16.4. The first-order valence-electron chi connectivity index (χ1n) is 9.42. The molecule has 0 bridgehead atoms. The fourth-order valence-electron chi connectivity index (χ4n) is 3.05. The van der Waals surface area contributed by atoms with E-state index < -0.39 is 58.1 Å². The fourth-order valence-corrected chi connectivity index (χ4v) is 3.05. The number of halogens is 11. The van der Waals surface area contributed by atoms with E-state index in [2.05, 4.69) is 9.47 Å². The summed E-state index contributed by atoms with van der Waals surface area (Å²) in [4.78, 5) is 0. The van der Waals surface area contributed by atoms with Crippen LogP contribution in [0.3, 0.4) is 0 Å². The van der Waals surface area contributed by atoms with Crippen molar-refractivity contribution in [3.05, 3.63) is 71.3 Å². The topological polar surface area (TPSA) is 38.7 Å². The third kappa shape index (κ3) is 5.58. The van der Waals surface area contributed by atoms with E-state index in [1.807, 2.05) is 0 Å². The van der Waals surface area contributed by atoms with Crippen LogP contribution in [-0.4, -0.2) is 43.5 Å². The van der Waals surface area contributed by atoms with E-state index in [1.165, 1.54) is 0 Å². The third-order valence-corrected chi connectivity index (χ3v) is 4.81.